The molecule has 0 saturated carbocycles. The number of carbonyl (C=O) groups excluding carboxylic acids is 1. The molecule has 0 saturated heterocycles. The molecular formula is C12H14ClNO4. The first kappa shape index (κ1) is 14.5. The summed E-state index contributed by atoms with van der Waals surface area (Å²) in [4.78, 5) is 21.9. The zero-order valence-electron chi connectivity index (χ0n) is 9.85. The summed E-state index contributed by atoms with van der Waals surface area (Å²) in [5.74, 6) is -1.28. The van der Waals surface area contributed by atoms with E-state index in [4.69, 9.17) is 27.2 Å². The first-order valence-corrected chi connectivity index (χ1v) is 5.73. The minimum Gasteiger partial charge on any atom is -0.481 e. The number of carboxylic acid groups (broad SMARTS) is 1. The van der Waals surface area contributed by atoms with Crippen molar-refractivity contribution in [2.45, 2.75) is 25.8 Å². The molecule has 0 aliphatic rings. The second-order valence-electron chi connectivity index (χ2n) is 3.87. The summed E-state index contributed by atoms with van der Waals surface area (Å²) < 4.78 is 5.08. The van der Waals surface area contributed by atoms with Crippen LogP contribution in [0.25, 0.3) is 0 Å². The number of carbonyl (C=O) groups is 2. The van der Waals surface area contributed by atoms with Gasteiger partial charge in [0.2, 0.25) is 0 Å². The van der Waals surface area contributed by atoms with Crippen molar-refractivity contribution >= 4 is 23.5 Å². The molecule has 0 aliphatic heterocycles. The topological polar surface area (TPSA) is 89.6 Å². The second kappa shape index (κ2) is 6.37. The number of rotatable bonds is 5. The molecule has 18 heavy (non-hydrogen) atoms. The van der Waals surface area contributed by atoms with Gasteiger partial charge in [-0.2, -0.15) is 0 Å². The highest BCUT2D eigenvalue weighted by Gasteiger charge is 2.17. The van der Waals surface area contributed by atoms with E-state index in [9.17, 15) is 9.59 Å². The molecule has 6 heteroatoms. The van der Waals surface area contributed by atoms with Crippen molar-refractivity contribution in [1.82, 2.24) is 0 Å². The summed E-state index contributed by atoms with van der Waals surface area (Å²) in [6, 6.07) is 3.88. The third-order valence-corrected chi connectivity index (χ3v) is 2.55. The Bertz CT molecular complexity index is 461. The van der Waals surface area contributed by atoms with Crippen LogP contribution in [0.15, 0.2) is 18.2 Å². The van der Waals surface area contributed by atoms with E-state index in [1.54, 1.807) is 25.1 Å². The Morgan fingerprint density at radius 3 is 2.72 bits per heavy atom. The quantitative estimate of drug-likeness (QED) is 0.629. The number of aliphatic carboxylic acids is 1. The fourth-order valence-corrected chi connectivity index (χ4v) is 1.53. The normalized spacial score (nSPS) is 11.9. The number of benzene rings is 1. The number of hydrogen-bond acceptors (Lipinski definition) is 4. The van der Waals surface area contributed by atoms with Gasteiger partial charge in [-0.25, -0.2) is 4.79 Å². The summed E-state index contributed by atoms with van der Waals surface area (Å²) in [5, 5.41) is 9.03. The number of halogens is 1. The predicted molar refractivity (Wildman–Crippen MR) is 66.7 cm³/mol. The molecule has 0 bridgehead atoms. The molecule has 0 unspecified atom stereocenters. The Morgan fingerprint density at radius 1 is 1.50 bits per heavy atom. The smallest absolute Gasteiger partial charge is 0.328 e. The lowest BCUT2D eigenvalue weighted by molar-refractivity contribution is -0.138. The molecule has 0 spiro atoms. The molecule has 1 aromatic rings. The van der Waals surface area contributed by atoms with Crippen LogP contribution in [0.5, 0.6) is 5.75 Å². The maximum atomic E-state index is 11.6. The van der Waals surface area contributed by atoms with Crippen LogP contribution in [0.4, 0.5) is 0 Å². The van der Waals surface area contributed by atoms with Crippen molar-refractivity contribution in [1.29, 1.82) is 0 Å². The lowest BCUT2D eigenvalue weighted by Gasteiger charge is -2.11. The largest absolute Gasteiger partial charge is 0.481 e. The molecule has 0 aromatic heterocycles. The van der Waals surface area contributed by atoms with Crippen molar-refractivity contribution in [2.24, 2.45) is 5.73 Å². The molecule has 5 nitrogen and oxygen atoms in total. The van der Waals surface area contributed by atoms with E-state index in [0.717, 1.165) is 0 Å². The van der Waals surface area contributed by atoms with E-state index in [0.29, 0.717) is 16.3 Å². The molecule has 1 atom stereocenters. The Labute approximate surface area is 109 Å². The van der Waals surface area contributed by atoms with Crippen molar-refractivity contribution in [3.05, 3.63) is 28.8 Å². The molecular weight excluding hydrogens is 258 g/mol. The van der Waals surface area contributed by atoms with Crippen molar-refractivity contribution in [2.75, 3.05) is 0 Å². The SMILES string of the molecule is Cc1cc(Cl)ccc1OC(=O)[C@@H](N)CCC(=O)O. The van der Waals surface area contributed by atoms with Gasteiger partial charge < -0.3 is 15.6 Å². The highest BCUT2D eigenvalue weighted by atomic mass is 35.5. The Kier molecular flexibility index (Phi) is 5.12. The van der Waals surface area contributed by atoms with Crippen LogP contribution < -0.4 is 10.5 Å². The van der Waals surface area contributed by atoms with Crippen LogP contribution in [0, 0.1) is 6.92 Å². The summed E-state index contributed by atoms with van der Waals surface area (Å²) in [5.41, 5.74) is 6.24. The van der Waals surface area contributed by atoms with Gasteiger partial charge in [-0.15, -0.1) is 0 Å². The van der Waals surface area contributed by atoms with Crippen LogP contribution in [0.3, 0.4) is 0 Å². The Balaban J connectivity index is 2.61. The molecule has 1 aromatic carbocycles. The lowest BCUT2D eigenvalue weighted by Crippen LogP contribution is -2.34. The number of nitrogens with two attached hydrogens (primary N) is 1. The summed E-state index contributed by atoms with van der Waals surface area (Å²) >= 11 is 5.77. The number of hydrogen-bond donors (Lipinski definition) is 2. The summed E-state index contributed by atoms with van der Waals surface area (Å²) in [6.45, 7) is 1.75. The van der Waals surface area contributed by atoms with Crippen molar-refractivity contribution < 1.29 is 19.4 Å². The lowest BCUT2D eigenvalue weighted by atomic mass is 10.1. The van der Waals surface area contributed by atoms with Gasteiger partial charge in [-0.05, 0) is 37.1 Å². The molecule has 0 radical (unpaired) electrons. The van der Waals surface area contributed by atoms with Crippen LogP contribution in [0.2, 0.25) is 5.02 Å². The zero-order valence-corrected chi connectivity index (χ0v) is 10.6. The van der Waals surface area contributed by atoms with E-state index < -0.39 is 18.0 Å². The first-order valence-electron chi connectivity index (χ1n) is 5.35. The van der Waals surface area contributed by atoms with Crippen LogP contribution in [0.1, 0.15) is 18.4 Å². The van der Waals surface area contributed by atoms with Gasteiger partial charge in [0.15, 0.2) is 0 Å². The highest BCUT2D eigenvalue weighted by molar-refractivity contribution is 6.30. The third kappa shape index (κ3) is 4.35. The van der Waals surface area contributed by atoms with E-state index in [1.807, 2.05) is 0 Å². The molecule has 0 fully saturated rings. The van der Waals surface area contributed by atoms with Crippen LogP contribution in [-0.4, -0.2) is 23.1 Å². The van der Waals surface area contributed by atoms with Gasteiger partial charge in [-0.3, -0.25) is 4.79 Å². The van der Waals surface area contributed by atoms with Gasteiger partial charge in [-0.1, -0.05) is 11.6 Å². The second-order valence-corrected chi connectivity index (χ2v) is 4.31. The maximum Gasteiger partial charge on any atom is 0.328 e. The predicted octanol–water partition coefficient (Wildman–Crippen LogP) is 1.75. The number of aryl methyl sites for hydroxylation is 1. The molecule has 1 rings (SSSR count). The van der Waals surface area contributed by atoms with Crippen molar-refractivity contribution in [3.8, 4) is 5.75 Å². The van der Waals surface area contributed by atoms with E-state index >= 15 is 0 Å². The standard InChI is InChI=1S/C12H14ClNO4/c1-7-6-8(13)2-4-10(7)18-12(17)9(14)3-5-11(15)16/h2,4,6,9H,3,5,14H2,1H3,(H,15,16)/t9-/m0/s1. The van der Waals surface area contributed by atoms with Crippen LogP contribution >= 0.6 is 11.6 Å². The fraction of sp³-hybridized carbons (Fsp3) is 0.333. The number of carboxylic acids is 1. The highest BCUT2D eigenvalue weighted by Crippen LogP contribution is 2.22. The van der Waals surface area contributed by atoms with Crippen LogP contribution in [-0.2, 0) is 9.59 Å². The van der Waals surface area contributed by atoms with Gasteiger partial charge >= 0.3 is 11.9 Å². The first-order chi connectivity index (χ1) is 8.40. The van der Waals surface area contributed by atoms with Gasteiger partial charge in [0.25, 0.3) is 0 Å². The summed E-state index contributed by atoms with van der Waals surface area (Å²) in [6.07, 6.45) is -0.128. The van der Waals surface area contributed by atoms with Gasteiger partial charge in [0, 0.05) is 11.4 Å². The van der Waals surface area contributed by atoms with E-state index in [1.165, 1.54) is 0 Å². The molecule has 0 heterocycles. The monoisotopic (exact) mass is 271 g/mol. The average molecular weight is 272 g/mol. The van der Waals surface area contributed by atoms with E-state index in [2.05, 4.69) is 0 Å². The van der Waals surface area contributed by atoms with E-state index in [-0.39, 0.29) is 12.8 Å². The fourth-order valence-electron chi connectivity index (χ4n) is 1.31. The van der Waals surface area contributed by atoms with Crippen molar-refractivity contribution in [3.63, 3.8) is 0 Å². The zero-order chi connectivity index (χ0) is 13.7. The van der Waals surface area contributed by atoms with Gasteiger partial charge in [0.1, 0.15) is 11.8 Å². The molecule has 98 valence electrons. The molecule has 0 amide bonds. The third-order valence-electron chi connectivity index (χ3n) is 2.32. The summed E-state index contributed by atoms with van der Waals surface area (Å²) in [7, 11) is 0. The molecule has 0 aliphatic carbocycles. The average Bonchev–Trinajstić information content (AvgIpc) is 2.29. The molecule has 3 N–H and O–H groups in total. The Morgan fingerprint density at radius 2 is 2.17 bits per heavy atom. The number of esters is 1. The maximum absolute atomic E-state index is 11.6. The minimum absolute atomic E-state index is 0.0425. The minimum atomic E-state index is -0.999. The number of ether oxygens (including phenoxy) is 1. The van der Waals surface area contributed by atoms with Gasteiger partial charge in [0.05, 0.1) is 0 Å². The Hall–Kier alpha value is -1.59.